The molecule has 3 saturated carbocycles. The average molecular weight is 781 g/mol. The first-order valence-corrected chi connectivity index (χ1v) is 18.5. The quantitative estimate of drug-likeness (QED) is 0.0553. The van der Waals surface area contributed by atoms with Gasteiger partial charge in [0, 0.05) is 19.3 Å². The molecule has 14 heteroatoms. The Labute approximate surface area is 325 Å². The van der Waals surface area contributed by atoms with Crippen LogP contribution in [0.5, 0.6) is 23.1 Å². The van der Waals surface area contributed by atoms with E-state index in [-0.39, 0.29) is 52.9 Å². The van der Waals surface area contributed by atoms with Gasteiger partial charge in [-0.05, 0) is 104 Å². The van der Waals surface area contributed by atoms with Crippen LogP contribution in [-0.4, -0.2) is 57.6 Å². The van der Waals surface area contributed by atoms with Gasteiger partial charge in [0.25, 0.3) is 11.8 Å². The van der Waals surface area contributed by atoms with Crippen molar-refractivity contribution in [2.45, 2.75) is 52.1 Å². The van der Waals surface area contributed by atoms with Gasteiger partial charge in [-0.25, -0.2) is 18.8 Å². The summed E-state index contributed by atoms with van der Waals surface area (Å²) in [7, 11) is 2.80. The Hall–Kier alpha value is -5.17. The molecule has 2 unspecified atom stereocenters. The molecule has 0 radical (unpaired) electrons. The van der Waals surface area contributed by atoms with Crippen LogP contribution in [0.3, 0.4) is 0 Å². The van der Waals surface area contributed by atoms with Crippen LogP contribution in [-0.2, 0) is 22.6 Å². The molecule has 3 fully saturated rings. The highest BCUT2D eigenvalue weighted by molar-refractivity contribution is 6.35. The number of pyridine rings is 1. The average Bonchev–Trinajstić information content (AvgIpc) is 4.06. The van der Waals surface area contributed by atoms with Crippen molar-refractivity contribution in [3.8, 4) is 23.1 Å². The first-order chi connectivity index (χ1) is 26.5. The largest absolute Gasteiger partial charge is 0.494 e. The standard InChI is InChI=1S/C23H27FN2O4.C18H20ClFN2O3/c1-14-9-17(14)13-29-20-7-8-25-23(30-12-15-3-4-15)21(20)22(27)26-11-16-5-6-19(28-2)18(24)10-16;1-11(19)16(18(21-2)25-10-12-4-5-12)17(23)22-9-13-6-7-15(24-3)14(20)8-13/h5-8,10,14-15,17H,3-4,9,11-13H2,1-2H3,(H,26,27);6-8,12H,1-2,4-5,9-10H2,3H3,(H,22,23)/b;18-16-. The van der Waals surface area contributed by atoms with Gasteiger partial charge in [-0.15, -0.1) is 0 Å². The summed E-state index contributed by atoms with van der Waals surface area (Å²) >= 11 is 5.93. The van der Waals surface area contributed by atoms with Gasteiger partial charge in [-0.3, -0.25) is 9.59 Å². The predicted octanol–water partition coefficient (Wildman–Crippen LogP) is 7.52. The lowest BCUT2D eigenvalue weighted by atomic mass is 10.2. The van der Waals surface area contributed by atoms with Crippen molar-refractivity contribution in [2.24, 2.45) is 28.7 Å². The molecule has 1 heterocycles. The number of halogens is 3. The molecule has 0 bridgehead atoms. The van der Waals surface area contributed by atoms with E-state index in [9.17, 15) is 18.4 Å². The van der Waals surface area contributed by atoms with Crippen LogP contribution in [0.1, 0.15) is 60.5 Å². The van der Waals surface area contributed by atoms with Crippen molar-refractivity contribution in [3.05, 3.63) is 100 Å². The third-order valence-electron chi connectivity index (χ3n) is 9.33. The molecule has 0 saturated heterocycles. The van der Waals surface area contributed by atoms with Gasteiger partial charge in [0.1, 0.15) is 16.9 Å². The third-order valence-corrected chi connectivity index (χ3v) is 9.52. The number of aromatic nitrogens is 1. The van der Waals surface area contributed by atoms with Gasteiger partial charge < -0.3 is 34.3 Å². The van der Waals surface area contributed by atoms with Gasteiger partial charge in [0.15, 0.2) is 23.1 Å². The number of nitrogens with zero attached hydrogens (tertiary/aromatic N) is 2. The van der Waals surface area contributed by atoms with Crippen molar-refractivity contribution in [2.75, 3.05) is 34.0 Å². The van der Waals surface area contributed by atoms with Crippen LogP contribution < -0.4 is 29.6 Å². The molecule has 1 aromatic heterocycles. The minimum absolute atomic E-state index is 0.00314. The Morgan fingerprint density at radius 2 is 1.45 bits per heavy atom. The number of amides is 2. The second-order valence-electron chi connectivity index (χ2n) is 13.8. The van der Waals surface area contributed by atoms with Gasteiger partial charge in [-0.1, -0.05) is 37.2 Å². The number of methoxy groups -OCH3 is 2. The summed E-state index contributed by atoms with van der Waals surface area (Å²) in [5.41, 5.74) is 1.50. The van der Waals surface area contributed by atoms with Crippen LogP contribution in [0, 0.1) is 35.3 Å². The molecular weight excluding hydrogens is 734 g/mol. The number of aliphatic imine (C=N–C) groups is 1. The molecule has 2 atom stereocenters. The number of benzene rings is 2. The second-order valence-corrected chi connectivity index (χ2v) is 14.3. The fourth-order valence-corrected chi connectivity index (χ4v) is 5.54. The number of ether oxygens (including phenoxy) is 5. The maximum atomic E-state index is 13.9. The van der Waals surface area contributed by atoms with Crippen LogP contribution >= 0.6 is 11.6 Å². The molecule has 3 aliphatic rings. The topological polar surface area (TPSA) is 130 Å². The third kappa shape index (κ3) is 12.2. The predicted molar refractivity (Wildman–Crippen MR) is 204 cm³/mol. The summed E-state index contributed by atoms with van der Waals surface area (Å²) in [6, 6.07) is 10.7. The lowest BCUT2D eigenvalue weighted by Gasteiger charge is -2.15. The molecule has 6 rings (SSSR count). The summed E-state index contributed by atoms with van der Waals surface area (Å²) in [6.45, 7) is 11.0. The number of carbonyl (C=O) groups is 2. The zero-order chi connectivity index (χ0) is 39.5. The normalized spacial score (nSPS) is 17.3. The highest BCUT2D eigenvalue weighted by Crippen LogP contribution is 2.39. The first-order valence-electron chi connectivity index (χ1n) is 18.2. The van der Waals surface area contributed by atoms with Gasteiger partial charge in [0.2, 0.25) is 11.8 Å². The number of carbonyl (C=O) groups excluding carboxylic acids is 2. The molecule has 2 N–H and O–H groups in total. The lowest BCUT2D eigenvalue weighted by Crippen LogP contribution is -2.26. The van der Waals surface area contributed by atoms with E-state index in [1.54, 1.807) is 24.4 Å². The fraction of sp³-hybridized carbons (Fsp3) is 0.415. The van der Waals surface area contributed by atoms with E-state index in [0.29, 0.717) is 65.9 Å². The summed E-state index contributed by atoms with van der Waals surface area (Å²) in [5, 5.41) is 5.47. The molecule has 11 nitrogen and oxygen atoms in total. The highest BCUT2D eigenvalue weighted by Gasteiger charge is 2.34. The lowest BCUT2D eigenvalue weighted by molar-refractivity contribution is -0.117. The maximum Gasteiger partial charge on any atom is 0.260 e. The summed E-state index contributed by atoms with van der Waals surface area (Å²) in [6.07, 6.45) is 7.21. The molecule has 0 spiro atoms. The van der Waals surface area contributed by atoms with E-state index in [2.05, 4.69) is 40.8 Å². The molecule has 2 aromatic carbocycles. The Balaban J connectivity index is 0.000000215. The fourth-order valence-electron chi connectivity index (χ4n) is 5.37. The van der Waals surface area contributed by atoms with E-state index in [1.165, 1.54) is 38.5 Å². The van der Waals surface area contributed by atoms with E-state index in [0.717, 1.165) is 32.1 Å². The minimum Gasteiger partial charge on any atom is -0.494 e. The van der Waals surface area contributed by atoms with Crippen LogP contribution in [0.2, 0.25) is 0 Å². The van der Waals surface area contributed by atoms with Crippen LogP contribution in [0.4, 0.5) is 8.78 Å². The highest BCUT2D eigenvalue weighted by atomic mass is 35.5. The molecule has 3 aromatic rings. The zero-order valence-electron chi connectivity index (χ0n) is 31.3. The van der Waals surface area contributed by atoms with Crippen molar-refractivity contribution < 1.29 is 42.1 Å². The molecule has 2 amide bonds. The van der Waals surface area contributed by atoms with Gasteiger partial charge in [0.05, 0.1) is 39.1 Å². The van der Waals surface area contributed by atoms with Crippen molar-refractivity contribution in [1.29, 1.82) is 0 Å². The SMILES string of the molecule is C=N/C(OCC1CC1)=C(\C(=C)Cl)C(=O)NCc1ccc(OC)c(F)c1.COc1ccc(CNC(=O)c2c(OCC3CC3C)ccnc2OCC2CC2)cc1F. The monoisotopic (exact) mass is 780 g/mol. The van der Waals surface area contributed by atoms with E-state index < -0.39 is 17.5 Å². The van der Waals surface area contributed by atoms with Crippen LogP contribution in [0.15, 0.2) is 76.7 Å². The molecule has 3 aliphatic carbocycles. The smallest absolute Gasteiger partial charge is 0.260 e. The van der Waals surface area contributed by atoms with Crippen molar-refractivity contribution in [1.82, 2.24) is 15.6 Å². The van der Waals surface area contributed by atoms with Gasteiger partial charge >= 0.3 is 0 Å². The number of rotatable bonds is 19. The molecule has 294 valence electrons. The summed E-state index contributed by atoms with van der Waals surface area (Å²) in [4.78, 5) is 33.5. The Bertz CT molecular complexity index is 1900. The van der Waals surface area contributed by atoms with E-state index in [4.69, 9.17) is 35.3 Å². The molecular formula is C41H47ClF2N4O7. The second kappa shape index (κ2) is 19.4. The summed E-state index contributed by atoms with van der Waals surface area (Å²) < 4.78 is 54.8. The van der Waals surface area contributed by atoms with Crippen LogP contribution in [0.25, 0.3) is 0 Å². The van der Waals surface area contributed by atoms with E-state index >= 15 is 0 Å². The Morgan fingerprint density at radius 1 is 0.873 bits per heavy atom. The summed E-state index contributed by atoms with van der Waals surface area (Å²) in [5.74, 6) is 1.42. The Morgan fingerprint density at radius 3 is 1.96 bits per heavy atom. The first kappa shape index (κ1) is 41.0. The number of hydrogen-bond donors (Lipinski definition) is 2. The molecule has 55 heavy (non-hydrogen) atoms. The van der Waals surface area contributed by atoms with Gasteiger partial charge in [-0.2, -0.15) is 0 Å². The maximum absolute atomic E-state index is 13.9. The Kier molecular flexibility index (Phi) is 14.5. The molecule has 0 aliphatic heterocycles. The van der Waals surface area contributed by atoms with Crippen molar-refractivity contribution in [3.63, 3.8) is 0 Å². The zero-order valence-corrected chi connectivity index (χ0v) is 32.1. The number of nitrogens with one attached hydrogen (secondary N) is 2. The number of hydrogen-bond acceptors (Lipinski definition) is 9. The van der Waals surface area contributed by atoms with Crippen molar-refractivity contribution >= 4 is 30.1 Å². The van der Waals surface area contributed by atoms with E-state index in [1.807, 2.05) is 0 Å². The minimum atomic E-state index is -0.519.